The van der Waals surface area contributed by atoms with Gasteiger partial charge >= 0.3 is 0 Å². The van der Waals surface area contributed by atoms with Crippen molar-refractivity contribution in [2.45, 2.75) is 31.6 Å². The number of benzene rings is 1. The van der Waals surface area contributed by atoms with E-state index >= 15 is 0 Å². The SMILES string of the molecule is Cc1ccc(C)c(CSc2ccc(-n3ccnc3C)nn2)c1. The lowest BCUT2D eigenvalue weighted by atomic mass is 10.1. The lowest BCUT2D eigenvalue weighted by Crippen LogP contribution is -2.00. The third-order valence-electron chi connectivity index (χ3n) is 3.58. The highest BCUT2D eigenvalue weighted by Gasteiger charge is 2.05. The molecule has 0 bridgehead atoms. The van der Waals surface area contributed by atoms with Crippen LogP contribution in [0.15, 0.2) is 47.8 Å². The van der Waals surface area contributed by atoms with Crippen LogP contribution in [0.4, 0.5) is 0 Å². The molecule has 0 N–H and O–H groups in total. The number of aryl methyl sites for hydroxylation is 3. The predicted octanol–water partition coefficient (Wildman–Crippen LogP) is 3.88. The van der Waals surface area contributed by atoms with Gasteiger partial charge in [-0.2, -0.15) is 0 Å². The van der Waals surface area contributed by atoms with Crippen LogP contribution in [0.5, 0.6) is 0 Å². The van der Waals surface area contributed by atoms with Crippen molar-refractivity contribution in [1.29, 1.82) is 0 Å². The molecule has 0 saturated carbocycles. The number of aromatic nitrogens is 4. The van der Waals surface area contributed by atoms with E-state index in [1.54, 1.807) is 18.0 Å². The zero-order chi connectivity index (χ0) is 15.5. The fourth-order valence-electron chi connectivity index (χ4n) is 2.25. The summed E-state index contributed by atoms with van der Waals surface area (Å²) in [5.41, 5.74) is 3.95. The Balaban J connectivity index is 1.71. The first-order chi connectivity index (χ1) is 10.6. The standard InChI is InChI=1S/C17H18N4S/c1-12-4-5-13(2)15(10-12)11-22-17-7-6-16(19-20-17)21-9-8-18-14(21)3/h4-10H,11H2,1-3H3. The first-order valence-electron chi connectivity index (χ1n) is 7.16. The van der Waals surface area contributed by atoms with Crippen molar-refractivity contribution in [2.75, 3.05) is 0 Å². The molecule has 0 unspecified atom stereocenters. The van der Waals surface area contributed by atoms with Gasteiger partial charge in [0.2, 0.25) is 0 Å². The van der Waals surface area contributed by atoms with Crippen LogP contribution < -0.4 is 0 Å². The van der Waals surface area contributed by atoms with Gasteiger partial charge in [0.1, 0.15) is 10.9 Å². The molecule has 0 amide bonds. The zero-order valence-corrected chi connectivity index (χ0v) is 13.8. The van der Waals surface area contributed by atoms with Gasteiger partial charge < -0.3 is 0 Å². The Bertz CT molecular complexity index is 778. The molecule has 0 fully saturated rings. The molecular weight excluding hydrogens is 292 g/mol. The Morgan fingerprint density at radius 3 is 2.59 bits per heavy atom. The number of rotatable bonds is 4. The van der Waals surface area contributed by atoms with E-state index in [1.807, 2.05) is 29.8 Å². The van der Waals surface area contributed by atoms with E-state index in [1.165, 1.54) is 16.7 Å². The van der Waals surface area contributed by atoms with E-state index in [4.69, 9.17) is 0 Å². The second-order valence-electron chi connectivity index (χ2n) is 5.29. The van der Waals surface area contributed by atoms with Crippen molar-refractivity contribution in [3.63, 3.8) is 0 Å². The van der Waals surface area contributed by atoms with Crippen molar-refractivity contribution in [3.8, 4) is 5.82 Å². The lowest BCUT2D eigenvalue weighted by Gasteiger charge is -2.07. The van der Waals surface area contributed by atoms with Gasteiger partial charge in [0.25, 0.3) is 0 Å². The monoisotopic (exact) mass is 310 g/mol. The maximum atomic E-state index is 4.31. The molecule has 0 saturated heterocycles. The van der Waals surface area contributed by atoms with E-state index < -0.39 is 0 Å². The van der Waals surface area contributed by atoms with Crippen LogP contribution in [-0.2, 0) is 5.75 Å². The van der Waals surface area contributed by atoms with Crippen molar-refractivity contribution in [2.24, 2.45) is 0 Å². The molecule has 0 aliphatic carbocycles. The quantitative estimate of drug-likeness (QED) is 0.686. The second kappa shape index (κ2) is 6.32. The molecule has 0 atom stereocenters. The van der Waals surface area contributed by atoms with Crippen molar-refractivity contribution < 1.29 is 0 Å². The summed E-state index contributed by atoms with van der Waals surface area (Å²) in [4.78, 5) is 4.20. The van der Waals surface area contributed by atoms with Crippen molar-refractivity contribution in [3.05, 3.63) is 65.2 Å². The van der Waals surface area contributed by atoms with Gasteiger partial charge in [0.15, 0.2) is 5.82 Å². The Labute approximate surface area is 134 Å². The first kappa shape index (κ1) is 14.8. The summed E-state index contributed by atoms with van der Waals surface area (Å²) in [6.45, 7) is 6.21. The molecule has 1 aromatic carbocycles. The van der Waals surface area contributed by atoms with Gasteiger partial charge in [-0.15, -0.1) is 10.2 Å². The number of thioether (sulfide) groups is 1. The molecule has 2 heterocycles. The van der Waals surface area contributed by atoms with Crippen LogP contribution in [0.1, 0.15) is 22.5 Å². The highest BCUT2D eigenvalue weighted by Crippen LogP contribution is 2.23. The van der Waals surface area contributed by atoms with Gasteiger partial charge in [-0.25, -0.2) is 4.98 Å². The Kier molecular flexibility index (Phi) is 4.24. The van der Waals surface area contributed by atoms with Crippen molar-refractivity contribution in [1.82, 2.24) is 19.7 Å². The van der Waals surface area contributed by atoms with Crippen LogP contribution in [0.25, 0.3) is 5.82 Å². The number of nitrogens with zero attached hydrogens (tertiary/aromatic N) is 4. The predicted molar refractivity (Wildman–Crippen MR) is 89.4 cm³/mol. The molecular formula is C17H18N4S. The molecule has 4 nitrogen and oxygen atoms in total. The van der Waals surface area contributed by atoms with Gasteiger partial charge in [-0.1, -0.05) is 35.5 Å². The normalized spacial score (nSPS) is 10.9. The zero-order valence-electron chi connectivity index (χ0n) is 12.9. The molecule has 2 aromatic heterocycles. The highest BCUT2D eigenvalue weighted by atomic mass is 32.2. The fraction of sp³-hybridized carbons (Fsp3) is 0.235. The first-order valence-corrected chi connectivity index (χ1v) is 8.15. The fourth-order valence-corrected chi connectivity index (χ4v) is 3.12. The van der Waals surface area contributed by atoms with E-state index in [0.717, 1.165) is 22.4 Å². The van der Waals surface area contributed by atoms with Crippen LogP contribution in [0.2, 0.25) is 0 Å². The highest BCUT2D eigenvalue weighted by molar-refractivity contribution is 7.98. The molecule has 0 aliphatic rings. The van der Waals surface area contributed by atoms with Crippen LogP contribution >= 0.6 is 11.8 Å². The summed E-state index contributed by atoms with van der Waals surface area (Å²) in [5.74, 6) is 2.61. The molecule has 0 radical (unpaired) electrons. The Hall–Kier alpha value is -2.14. The van der Waals surface area contributed by atoms with E-state index in [-0.39, 0.29) is 0 Å². The van der Waals surface area contributed by atoms with Crippen LogP contribution in [0.3, 0.4) is 0 Å². The summed E-state index contributed by atoms with van der Waals surface area (Å²) in [7, 11) is 0. The summed E-state index contributed by atoms with van der Waals surface area (Å²) in [5, 5.41) is 9.53. The van der Waals surface area contributed by atoms with E-state index in [0.29, 0.717) is 0 Å². The van der Waals surface area contributed by atoms with Gasteiger partial charge in [0.05, 0.1) is 0 Å². The largest absolute Gasteiger partial charge is 0.287 e. The molecule has 5 heteroatoms. The number of hydrogen-bond donors (Lipinski definition) is 0. The summed E-state index contributed by atoms with van der Waals surface area (Å²) in [6, 6.07) is 10.5. The van der Waals surface area contributed by atoms with Gasteiger partial charge in [0, 0.05) is 18.1 Å². The Morgan fingerprint density at radius 1 is 1.05 bits per heavy atom. The number of imidazole rings is 1. The third kappa shape index (κ3) is 3.20. The number of hydrogen-bond acceptors (Lipinski definition) is 4. The molecule has 112 valence electrons. The van der Waals surface area contributed by atoms with E-state index in [2.05, 4.69) is 47.2 Å². The van der Waals surface area contributed by atoms with Crippen LogP contribution in [-0.4, -0.2) is 19.7 Å². The minimum atomic E-state index is 0.797. The Morgan fingerprint density at radius 2 is 1.91 bits per heavy atom. The maximum Gasteiger partial charge on any atom is 0.160 e. The van der Waals surface area contributed by atoms with Gasteiger partial charge in [-0.05, 0) is 44.0 Å². The molecule has 22 heavy (non-hydrogen) atoms. The lowest BCUT2D eigenvalue weighted by molar-refractivity contribution is 0.841. The average molecular weight is 310 g/mol. The summed E-state index contributed by atoms with van der Waals surface area (Å²) in [6.07, 6.45) is 3.66. The maximum absolute atomic E-state index is 4.31. The molecule has 0 spiro atoms. The molecule has 3 aromatic rings. The topological polar surface area (TPSA) is 43.6 Å². The minimum absolute atomic E-state index is 0.797. The summed E-state index contributed by atoms with van der Waals surface area (Å²) >= 11 is 1.71. The van der Waals surface area contributed by atoms with Crippen molar-refractivity contribution >= 4 is 11.8 Å². The van der Waals surface area contributed by atoms with Gasteiger partial charge in [-0.3, -0.25) is 4.57 Å². The third-order valence-corrected chi connectivity index (χ3v) is 4.55. The summed E-state index contributed by atoms with van der Waals surface area (Å²) < 4.78 is 1.92. The molecule has 0 aliphatic heterocycles. The average Bonchev–Trinajstić information content (AvgIpc) is 2.95. The molecule has 3 rings (SSSR count). The van der Waals surface area contributed by atoms with E-state index in [9.17, 15) is 0 Å². The minimum Gasteiger partial charge on any atom is -0.287 e. The smallest absolute Gasteiger partial charge is 0.160 e. The van der Waals surface area contributed by atoms with Crippen LogP contribution in [0, 0.1) is 20.8 Å². The second-order valence-corrected chi connectivity index (χ2v) is 6.29.